The van der Waals surface area contributed by atoms with Gasteiger partial charge in [0.2, 0.25) is 0 Å². The highest BCUT2D eigenvalue weighted by molar-refractivity contribution is 5.51. The van der Waals surface area contributed by atoms with Crippen LogP contribution in [-0.4, -0.2) is 32.7 Å². The summed E-state index contributed by atoms with van der Waals surface area (Å²) in [6, 6.07) is 13.3. The number of rotatable bonds is 3. The molecule has 2 aromatic rings. The van der Waals surface area contributed by atoms with Crippen LogP contribution in [0.4, 0.5) is 0 Å². The summed E-state index contributed by atoms with van der Waals surface area (Å²) in [6.07, 6.45) is 1.04. The molecule has 0 amide bonds. The highest BCUT2D eigenvalue weighted by Crippen LogP contribution is 2.40. The Morgan fingerprint density at radius 3 is 2.27 bits per heavy atom. The summed E-state index contributed by atoms with van der Waals surface area (Å²) >= 11 is 0. The molecular formula is C19H23NO2. The number of methoxy groups -OCH3 is 2. The standard InChI is InChI=1S/C19H23NO2/c1-13-5-7-14(8-6-13)19-16-12-18(22-4)17(21-3)11-15(16)9-10-20(19)2/h5-8,11-12,19H,9-10H2,1-4H3. The van der Waals surface area contributed by atoms with Crippen molar-refractivity contribution >= 4 is 0 Å². The lowest BCUT2D eigenvalue weighted by Gasteiger charge is -2.35. The monoisotopic (exact) mass is 297 g/mol. The van der Waals surface area contributed by atoms with E-state index in [-0.39, 0.29) is 6.04 Å². The quantitative estimate of drug-likeness (QED) is 0.864. The van der Waals surface area contributed by atoms with Crippen molar-refractivity contribution in [3.63, 3.8) is 0 Å². The molecule has 3 heteroatoms. The first-order chi connectivity index (χ1) is 10.6. The van der Waals surface area contributed by atoms with Gasteiger partial charge in [-0.2, -0.15) is 0 Å². The Labute approximate surface area is 132 Å². The first-order valence-electron chi connectivity index (χ1n) is 7.65. The maximum atomic E-state index is 5.50. The first-order valence-corrected chi connectivity index (χ1v) is 7.65. The predicted octanol–water partition coefficient (Wildman–Crippen LogP) is 3.59. The minimum Gasteiger partial charge on any atom is -0.493 e. The van der Waals surface area contributed by atoms with E-state index in [1.165, 1.54) is 22.3 Å². The van der Waals surface area contributed by atoms with Crippen LogP contribution in [0.1, 0.15) is 28.3 Å². The van der Waals surface area contributed by atoms with Gasteiger partial charge in [-0.05, 0) is 49.2 Å². The average molecular weight is 297 g/mol. The fourth-order valence-corrected chi connectivity index (χ4v) is 3.25. The van der Waals surface area contributed by atoms with Crippen LogP contribution < -0.4 is 9.47 Å². The molecule has 22 heavy (non-hydrogen) atoms. The fraction of sp³-hybridized carbons (Fsp3) is 0.368. The number of aryl methyl sites for hydroxylation is 1. The number of benzene rings is 2. The van der Waals surface area contributed by atoms with Crippen LogP contribution in [0.25, 0.3) is 0 Å². The Bertz CT molecular complexity index is 664. The molecule has 0 N–H and O–H groups in total. The van der Waals surface area contributed by atoms with Gasteiger partial charge in [-0.15, -0.1) is 0 Å². The van der Waals surface area contributed by atoms with E-state index in [0.29, 0.717) is 0 Å². The molecular weight excluding hydrogens is 274 g/mol. The molecule has 1 unspecified atom stereocenters. The number of hydrogen-bond acceptors (Lipinski definition) is 3. The summed E-state index contributed by atoms with van der Waals surface area (Å²) in [4.78, 5) is 2.40. The van der Waals surface area contributed by atoms with Crippen molar-refractivity contribution in [2.45, 2.75) is 19.4 Å². The summed E-state index contributed by atoms with van der Waals surface area (Å²) in [5, 5.41) is 0. The van der Waals surface area contributed by atoms with Crippen LogP contribution in [0.15, 0.2) is 36.4 Å². The Kier molecular flexibility index (Phi) is 4.08. The highest BCUT2D eigenvalue weighted by Gasteiger charge is 2.27. The zero-order valence-corrected chi connectivity index (χ0v) is 13.7. The molecule has 0 fully saturated rings. The molecule has 0 spiro atoms. The van der Waals surface area contributed by atoms with Gasteiger partial charge in [0.1, 0.15) is 0 Å². The Balaban J connectivity index is 2.11. The van der Waals surface area contributed by atoms with Gasteiger partial charge in [-0.3, -0.25) is 4.90 Å². The third kappa shape index (κ3) is 2.57. The van der Waals surface area contributed by atoms with Crippen molar-refractivity contribution < 1.29 is 9.47 Å². The van der Waals surface area contributed by atoms with Crippen molar-refractivity contribution in [3.05, 3.63) is 58.7 Å². The number of ether oxygens (including phenoxy) is 2. The van der Waals surface area contributed by atoms with Crippen LogP contribution in [-0.2, 0) is 6.42 Å². The van der Waals surface area contributed by atoms with Gasteiger partial charge in [-0.1, -0.05) is 29.8 Å². The molecule has 0 bridgehead atoms. The zero-order valence-electron chi connectivity index (χ0n) is 13.7. The molecule has 0 saturated heterocycles. The zero-order chi connectivity index (χ0) is 15.7. The normalized spacial score (nSPS) is 17.9. The van der Waals surface area contributed by atoms with Gasteiger partial charge in [0.15, 0.2) is 11.5 Å². The average Bonchev–Trinajstić information content (AvgIpc) is 2.54. The number of fused-ring (bicyclic) bond motifs is 1. The van der Waals surface area contributed by atoms with Gasteiger partial charge < -0.3 is 9.47 Å². The van der Waals surface area contributed by atoms with E-state index in [0.717, 1.165) is 24.5 Å². The van der Waals surface area contributed by atoms with E-state index in [2.05, 4.69) is 55.3 Å². The van der Waals surface area contributed by atoms with E-state index in [1.54, 1.807) is 14.2 Å². The van der Waals surface area contributed by atoms with Gasteiger partial charge in [-0.25, -0.2) is 0 Å². The van der Waals surface area contributed by atoms with Crippen molar-refractivity contribution in [1.29, 1.82) is 0 Å². The van der Waals surface area contributed by atoms with E-state index in [1.807, 2.05) is 0 Å². The highest BCUT2D eigenvalue weighted by atomic mass is 16.5. The molecule has 3 nitrogen and oxygen atoms in total. The van der Waals surface area contributed by atoms with Crippen molar-refractivity contribution in [1.82, 2.24) is 4.90 Å². The number of hydrogen-bond donors (Lipinski definition) is 0. The lowest BCUT2D eigenvalue weighted by molar-refractivity contribution is 0.262. The molecule has 0 aromatic heterocycles. The second-order valence-corrected chi connectivity index (χ2v) is 5.95. The van der Waals surface area contributed by atoms with Crippen LogP contribution in [0.3, 0.4) is 0 Å². The third-order valence-corrected chi connectivity index (χ3v) is 4.51. The Morgan fingerprint density at radius 2 is 1.64 bits per heavy atom. The molecule has 1 aliphatic heterocycles. The summed E-state index contributed by atoms with van der Waals surface area (Å²) in [5.41, 5.74) is 5.27. The Hall–Kier alpha value is -2.00. The van der Waals surface area contributed by atoms with E-state index in [4.69, 9.17) is 9.47 Å². The molecule has 0 radical (unpaired) electrons. The number of nitrogens with zero attached hydrogens (tertiary/aromatic N) is 1. The molecule has 1 heterocycles. The van der Waals surface area contributed by atoms with Crippen LogP contribution >= 0.6 is 0 Å². The van der Waals surface area contributed by atoms with E-state index < -0.39 is 0 Å². The maximum Gasteiger partial charge on any atom is 0.161 e. The predicted molar refractivity (Wildman–Crippen MR) is 88.9 cm³/mol. The van der Waals surface area contributed by atoms with Crippen molar-refractivity contribution in [3.8, 4) is 11.5 Å². The molecule has 0 saturated carbocycles. The molecule has 116 valence electrons. The minimum atomic E-state index is 0.268. The summed E-state index contributed by atoms with van der Waals surface area (Å²) < 4.78 is 10.9. The van der Waals surface area contributed by atoms with E-state index >= 15 is 0 Å². The van der Waals surface area contributed by atoms with Crippen LogP contribution in [0, 0.1) is 6.92 Å². The first kappa shape index (κ1) is 14.9. The summed E-state index contributed by atoms with van der Waals surface area (Å²) in [5.74, 6) is 1.61. The number of likely N-dealkylation sites (N-methyl/N-ethyl adjacent to an activating group) is 1. The lowest BCUT2D eigenvalue weighted by atomic mass is 9.88. The molecule has 3 rings (SSSR count). The van der Waals surface area contributed by atoms with Crippen molar-refractivity contribution in [2.75, 3.05) is 27.8 Å². The molecule has 1 atom stereocenters. The van der Waals surface area contributed by atoms with Gasteiger partial charge in [0.25, 0.3) is 0 Å². The van der Waals surface area contributed by atoms with Gasteiger partial charge in [0.05, 0.1) is 20.3 Å². The largest absolute Gasteiger partial charge is 0.493 e. The second kappa shape index (κ2) is 6.01. The smallest absolute Gasteiger partial charge is 0.161 e. The minimum absolute atomic E-state index is 0.268. The SMILES string of the molecule is COc1cc2c(cc1OC)C(c1ccc(C)cc1)N(C)CC2. The maximum absolute atomic E-state index is 5.50. The van der Waals surface area contributed by atoms with Gasteiger partial charge in [0, 0.05) is 6.54 Å². The van der Waals surface area contributed by atoms with Crippen LogP contribution in [0.5, 0.6) is 11.5 Å². The van der Waals surface area contributed by atoms with E-state index in [9.17, 15) is 0 Å². The molecule has 0 aliphatic carbocycles. The topological polar surface area (TPSA) is 21.7 Å². The summed E-state index contributed by atoms with van der Waals surface area (Å²) in [6.45, 7) is 3.16. The van der Waals surface area contributed by atoms with Crippen molar-refractivity contribution in [2.24, 2.45) is 0 Å². The second-order valence-electron chi connectivity index (χ2n) is 5.95. The summed E-state index contributed by atoms with van der Waals surface area (Å²) in [7, 11) is 5.57. The molecule has 2 aromatic carbocycles. The third-order valence-electron chi connectivity index (χ3n) is 4.51. The Morgan fingerprint density at radius 1 is 1.00 bits per heavy atom. The lowest BCUT2D eigenvalue weighted by Crippen LogP contribution is -2.32. The van der Waals surface area contributed by atoms with Crippen LogP contribution in [0.2, 0.25) is 0 Å². The fourth-order valence-electron chi connectivity index (χ4n) is 3.25. The van der Waals surface area contributed by atoms with Gasteiger partial charge >= 0.3 is 0 Å². The molecule has 1 aliphatic rings.